The molecule has 2 N–H and O–H groups in total. The van der Waals surface area contributed by atoms with E-state index in [2.05, 4.69) is 34.5 Å². The molecular formula is C20H32N2O2. The van der Waals surface area contributed by atoms with Gasteiger partial charge in [-0.2, -0.15) is 0 Å². The minimum atomic E-state index is -0.597. The summed E-state index contributed by atoms with van der Waals surface area (Å²) in [4.78, 5) is 13.5. The number of aliphatic hydroxyl groups is 1. The summed E-state index contributed by atoms with van der Waals surface area (Å²) in [6, 6.07) is 8.79. The number of likely N-dealkylation sites (tertiary alicyclic amines) is 1. The van der Waals surface area contributed by atoms with Gasteiger partial charge in [-0.05, 0) is 69.7 Å². The maximum absolute atomic E-state index is 11.0. The first-order valence-corrected chi connectivity index (χ1v) is 9.09. The highest BCUT2D eigenvalue weighted by molar-refractivity contribution is 5.72. The van der Waals surface area contributed by atoms with Crippen molar-refractivity contribution in [1.82, 2.24) is 10.2 Å². The molecule has 1 aliphatic heterocycles. The van der Waals surface area contributed by atoms with Crippen molar-refractivity contribution in [3.8, 4) is 0 Å². The summed E-state index contributed by atoms with van der Waals surface area (Å²) in [6.07, 6.45) is 4.01. The zero-order valence-corrected chi connectivity index (χ0v) is 15.3. The summed E-state index contributed by atoms with van der Waals surface area (Å²) in [6.45, 7) is 9.32. The molecule has 1 fully saturated rings. The second-order valence-corrected chi connectivity index (χ2v) is 7.79. The van der Waals surface area contributed by atoms with Crippen molar-refractivity contribution >= 4 is 5.91 Å². The number of aryl methyl sites for hydroxylation is 1. The molecule has 4 nitrogen and oxygen atoms in total. The van der Waals surface area contributed by atoms with Gasteiger partial charge in [-0.3, -0.25) is 9.69 Å². The van der Waals surface area contributed by atoms with Crippen LogP contribution in [0.3, 0.4) is 0 Å². The molecule has 0 radical (unpaired) electrons. The fourth-order valence-electron chi connectivity index (χ4n) is 3.16. The number of nitrogens with one attached hydrogen (secondary N) is 1. The average molecular weight is 332 g/mol. The Kier molecular flexibility index (Phi) is 6.81. The van der Waals surface area contributed by atoms with Crippen LogP contribution in [-0.4, -0.2) is 41.1 Å². The lowest BCUT2D eigenvalue weighted by molar-refractivity contribution is -0.119. The van der Waals surface area contributed by atoms with Gasteiger partial charge in [0.15, 0.2) is 0 Å². The Bertz CT molecular complexity index is 511. The second kappa shape index (κ2) is 8.63. The Morgan fingerprint density at radius 1 is 1.21 bits per heavy atom. The van der Waals surface area contributed by atoms with E-state index in [1.54, 1.807) is 6.92 Å². The van der Waals surface area contributed by atoms with Gasteiger partial charge < -0.3 is 10.4 Å². The van der Waals surface area contributed by atoms with E-state index in [0.717, 1.165) is 51.9 Å². The summed E-state index contributed by atoms with van der Waals surface area (Å²) in [5.74, 6) is 0.691. The largest absolute Gasteiger partial charge is 0.390 e. The molecule has 0 bridgehead atoms. The zero-order chi connectivity index (χ0) is 17.6. The van der Waals surface area contributed by atoms with Crippen molar-refractivity contribution < 1.29 is 9.90 Å². The number of nitrogens with zero attached hydrogens (tertiary/aromatic N) is 1. The predicted octanol–water partition coefficient (Wildman–Crippen LogP) is 2.74. The van der Waals surface area contributed by atoms with Crippen molar-refractivity contribution in [1.29, 1.82) is 0 Å². The molecule has 1 heterocycles. The van der Waals surface area contributed by atoms with Gasteiger partial charge in [0.05, 0.1) is 5.60 Å². The Morgan fingerprint density at radius 2 is 1.79 bits per heavy atom. The molecule has 1 aromatic carbocycles. The quantitative estimate of drug-likeness (QED) is 0.807. The van der Waals surface area contributed by atoms with E-state index >= 15 is 0 Å². The van der Waals surface area contributed by atoms with Crippen LogP contribution in [0.1, 0.15) is 51.2 Å². The molecule has 0 unspecified atom stereocenters. The number of hydrogen-bond acceptors (Lipinski definition) is 3. The van der Waals surface area contributed by atoms with Crippen molar-refractivity contribution in [2.24, 2.45) is 5.92 Å². The predicted molar refractivity (Wildman–Crippen MR) is 97.7 cm³/mol. The smallest absolute Gasteiger partial charge is 0.216 e. The number of carbonyl (C=O) groups is 1. The molecule has 134 valence electrons. The van der Waals surface area contributed by atoms with Crippen LogP contribution in [0, 0.1) is 5.92 Å². The number of hydrogen-bond donors (Lipinski definition) is 2. The molecule has 0 spiro atoms. The van der Waals surface area contributed by atoms with Gasteiger partial charge in [-0.25, -0.2) is 0 Å². The first-order chi connectivity index (χ1) is 11.3. The number of carbonyl (C=O) groups excluding carboxylic acids is 1. The molecule has 2 rings (SSSR count). The molecule has 0 atom stereocenters. The van der Waals surface area contributed by atoms with E-state index in [-0.39, 0.29) is 5.91 Å². The summed E-state index contributed by atoms with van der Waals surface area (Å²) in [5.41, 5.74) is 2.04. The standard InChI is InChI=1S/C20H32N2O2/c1-16(23)21-14-18-9-12-22(13-10-18)15-19-6-4-17(5-7-19)8-11-20(2,3)24/h4-7,18,24H,8-15H2,1-3H3,(H,21,23). The van der Waals surface area contributed by atoms with E-state index in [1.165, 1.54) is 11.1 Å². The van der Waals surface area contributed by atoms with E-state index in [4.69, 9.17) is 0 Å². The minimum absolute atomic E-state index is 0.0714. The third kappa shape index (κ3) is 7.02. The lowest BCUT2D eigenvalue weighted by Crippen LogP contribution is -2.37. The summed E-state index contributed by atoms with van der Waals surface area (Å²) >= 11 is 0. The van der Waals surface area contributed by atoms with Crippen LogP contribution in [0.4, 0.5) is 0 Å². The molecule has 4 heteroatoms. The SMILES string of the molecule is CC(=O)NCC1CCN(Cc2ccc(CCC(C)(C)O)cc2)CC1. The lowest BCUT2D eigenvalue weighted by Gasteiger charge is -2.32. The molecule has 0 saturated carbocycles. The van der Waals surface area contributed by atoms with Gasteiger partial charge >= 0.3 is 0 Å². The van der Waals surface area contributed by atoms with E-state index in [9.17, 15) is 9.90 Å². The molecular weight excluding hydrogens is 300 g/mol. The normalized spacial score (nSPS) is 17.0. The zero-order valence-electron chi connectivity index (χ0n) is 15.3. The van der Waals surface area contributed by atoms with Crippen LogP contribution in [0.25, 0.3) is 0 Å². The second-order valence-electron chi connectivity index (χ2n) is 7.79. The number of amides is 1. The third-order valence-corrected chi connectivity index (χ3v) is 4.80. The third-order valence-electron chi connectivity index (χ3n) is 4.80. The Hall–Kier alpha value is -1.39. The number of piperidine rings is 1. The Morgan fingerprint density at radius 3 is 2.33 bits per heavy atom. The highest BCUT2D eigenvalue weighted by Crippen LogP contribution is 2.19. The van der Waals surface area contributed by atoms with E-state index in [0.29, 0.717) is 5.92 Å². The van der Waals surface area contributed by atoms with Gasteiger partial charge in [-0.1, -0.05) is 24.3 Å². The molecule has 1 amide bonds. The topological polar surface area (TPSA) is 52.6 Å². The lowest BCUT2D eigenvalue weighted by atomic mass is 9.96. The van der Waals surface area contributed by atoms with Crippen LogP contribution in [-0.2, 0) is 17.8 Å². The highest BCUT2D eigenvalue weighted by Gasteiger charge is 2.19. The van der Waals surface area contributed by atoms with Crippen LogP contribution in [0.5, 0.6) is 0 Å². The molecule has 0 aromatic heterocycles. The Labute approximate surface area is 146 Å². The fraction of sp³-hybridized carbons (Fsp3) is 0.650. The summed E-state index contributed by atoms with van der Waals surface area (Å²) in [7, 11) is 0. The van der Waals surface area contributed by atoms with Crippen molar-refractivity contribution in [3.63, 3.8) is 0 Å². The van der Waals surface area contributed by atoms with Gasteiger partial charge in [-0.15, -0.1) is 0 Å². The van der Waals surface area contributed by atoms with Gasteiger partial charge in [0.1, 0.15) is 0 Å². The monoisotopic (exact) mass is 332 g/mol. The van der Waals surface area contributed by atoms with Crippen molar-refractivity contribution in [2.45, 2.75) is 58.6 Å². The summed E-state index contributed by atoms with van der Waals surface area (Å²) < 4.78 is 0. The van der Waals surface area contributed by atoms with Crippen molar-refractivity contribution in [2.75, 3.05) is 19.6 Å². The van der Waals surface area contributed by atoms with E-state index < -0.39 is 5.60 Å². The van der Waals surface area contributed by atoms with Crippen molar-refractivity contribution in [3.05, 3.63) is 35.4 Å². The number of rotatable bonds is 7. The van der Waals surface area contributed by atoms with Gasteiger partial charge in [0.2, 0.25) is 5.91 Å². The van der Waals surface area contributed by atoms with Crippen LogP contribution in [0.15, 0.2) is 24.3 Å². The number of benzene rings is 1. The van der Waals surface area contributed by atoms with Crippen LogP contribution < -0.4 is 5.32 Å². The highest BCUT2D eigenvalue weighted by atomic mass is 16.3. The molecule has 1 saturated heterocycles. The average Bonchev–Trinajstić information content (AvgIpc) is 2.53. The molecule has 1 aliphatic rings. The molecule has 1 aromatic rings. The van der Waals surface area contributed by atoms with Gasteiger partial charge in [0, 0.05) is 20.0 Å². The summed E-state index contributed by atoms with van der Waals surface area (Å²) in [5, 5.41) is 12.7. The van der Waals surface area contributed by atoms with Crippen LogP contribution in [0.2, 0.25) is 0 Å². The maximum atomic E-state index is 11.0. The first kappa shape index (κ1) is 18.9. The maximum Gasteiger partial charge on any atom is 0.216 e. The minimum Gasteiger partial charge on any atom is -0.390 e. The fourth-order valence-corrected chi connectivity index (χ4v) is 3.16. The Balaban J connectivity index is 1.73. The molecule has 0 aliphatic carbocycles. The molecule has 24 heavy (non-hydrogen) atoms. The van der Waals surface area contributed by atoms with Crippen LogP contribution >= 0.6 is 0 Å². The first-order valence-electron chi connectivity index (χ1n) is 9.09. The van der Waals surface area contributed by atoms with E-state index in [1.807, 2.05) is 13.8 Å². The van der Waals surface area contributed by atoms with Gasteiger partial charge in [0.25, 0.3) is 0 Å².